The fourth-order valence-electron chi connectivity index (χ4n) is 2.51. The van der Waals surface area contributed by atoms with Crippen LogP contribution in [0.1, 0.15) is 24.3 Å². The van der Waals surface area contributed by atoms with Crippen LogP contribution in [0.4, 0.5) is 5.69 Å². The molecule has 0 aliphatic heterocycles. The highest BCUT2D eigenvalue weighted by molar-refractivity contribution is 9.11. The summed E-state index contributed by atoms with van der Waals surface area (Å²) < 4.78 is 8.08. The second-order valence-corrected chi connectivity index (χ2v) is 6.85. The van der Waals surface area contributed by atoms with E-state index >= 15 is 0 Å². The number of furan rings is 1. The molecule has 0 saturated heterocycles. The van der Waals surface area contributed by atoms with Gasteiger partial charge in [0.2, 0.25) is 0 Å². The van der Waals surface area contributed by atoms with Crippen molar-refractivity contribution in [3.05, 3.63) is 62.7 Å². The molecule has 0 saturated carbocycles. The van der Waals surface area contributed by atoms with Gasteiger partial charge < -0.3 is 9.73 Å². The van der Waals surface area contributed by atoms with E-state index < -0.39 is 0 Å². The van der Waals surface area contributed by atoms with Gasteiger partial charge in [-0.05, 0) is 54.0 Å². The summed E-state index contributed by atoms with van der Waals surface area (Å²) in [6, 6.07) is 14.3. The van der Waals surface area contributed by atoms with Crippen molar-refractivity contribution in [3.63, 3.8) is 0 Å². The normalized spacial score (nSPS) is 12.6. The first kappa shape index (κ1) is 14.7. The first-order valence-corrected chi connectivity index (χ1v) is 8.34. The second kappa shape index (κ2) is 5.85. The van der Waals surface area contributed by atoms with E-state index in [0.29, 0.717) is 0 Å². The number of rotatable bonds is 3. The Kier molecular flexibility index (Phi) is 4.09. The summed E-state index contributed by atoms with van der Waals surface area (Å²) in [7, 11) is 0. The van der Waals surface area contributed by atoms with Crippen molar-refractivity contribution in [3.8, 4) is 0 Å². The minimum Gasteiger partial charge on any atom is -0.459 e. The molecule has 1 aromatic heterocycles. The fourth-order valence-corrected chi connectivity index (χ4v) is 3.67. The Morgan fingerprint density at radius 1 is 1.10 bits per heavy atom. The van der Waals surface area contributed by atoms with Gasteiger partial charge in [0.05, 0.1) is 6.04 Å². The number of halogens is 2. The van der Waals surface area contributed by atoms with Crippen LogP contribution < -0.4 is 5.32 Å². The van der Waals surface area contributed by atoms with Crippen LogP contribution in [-0.4, -0.2) is 0 Å². The van der Waals surface area contributed by atoms with Crippen molar-refractivity contribution >= 4 is 48.5 Å². The molecule has 0 amide bonds. The lowest BCUT2D eigenvalue weighted by Gasteiger charge is -2.15. The maximum absolute atomic E-state index is 6.01. The van der Waals surface area contributed by atoms with Gasteiger partial charge in [-0.25, -0.2) is 0 Å². The van der Waals surface area contributed by atoms with Crippen LogP contribution in [0.5, 0.6) is 0 Å². The van der Waals surface area contributed by atoms with Crippen molar-refractivity contribution in [2.75, 3.05) is 5.32 Å². The van der Waals surface area contributed by atoms with Crippen LogP contribution in [0.2, 0.25) is 0 Å². The molecule has 1 heterocycles. The number of nitrogens with one attached hydrogen (secondary N) is 1. The Morgan fingerprint density at radius 3 is 2.57 bits per heavy atom. The molecule has 0 aliphatic carbocycles. The van der Waals surface area contributed by atoms with Gasteiger partial charge in [-0.15, -0.1) is 0 Å². The Hall–Kier alpha value is -1.26. The standard InChI is InChI=1S/C17H15Br2NO/c1-10-13-5-3-4-6-16(13)21-17(10)11(2)20-15-8-7-12(18)9-14(15)19/h3-9,11,20H,1-2H3. The maximum atomic E-state index is 6.01. The zero-order valence-electron chi connectivity index (χ0n) is 11.8. The largest absolute Gasteiger partial charge is 0.459 e. The maximum Gasteiger partial charge on any atom is 0.134 e. The SMILES string of the molecule is Cc1c(C(C)Nc2ccc(Br)cc2Br)oc2ccccc12. The molecule has 108 valence electrons. The van der Waals surface area contributed by atoms with E-state index in [4.69, 9.17) is 4.42 Å². The summed E-state index contributed by atoms with van der Waals surface area (Å²) in [5.41, 5.74) is 3.18. The molecule has 0 bridgehead atoms. The van der Waals surface area contributed by atoms with E-state index in [9.17, 15) is 0 Å². The monoisotopic (exact) mass is 407 g/mol. The summed E-state index contributed by atoms with van der Waals surface area (Å²) in [5.74, 6) is 0.978. The zero-order valence-corrected chi connectivity index (χ0v) is 15.0. The average Bonchev–Trinajstić information content (AvgIpc) is 2.80. The number of anilines is 1. The average molecular weight is 409 g/mol. The van der Waals surface area contributed by atoms with Crippen molar-refractivity contribution in [1.29, 1.82) is 0 Å². The third kappa shape index (κ3) is 2.87. The molecule has 2 aromatic carbocycles. The van der Waals surface area contributed by atoms with Crippen molar-refractivity contribution in [2.45, 2.75) is 19.9 Å². The van der Waals surface area contributed by atoms with E-state index in [0.717, 1.165) is 26.0 Å². The molecule has 0 spiro atoms. The number of para-hydroxylation sites is 1. The summed E-state index contributed by atoms with van der Waals surface area (Å²) in [5, 5.41) is 4.67. The highest BCUT2D eigenvalue weighted by Gasteiger charge is 2.17. The summed E-state index contributed by atoms with van der Waals surface area (Å²) >= 11 is 7.04. The Bertz CT molecular complexity index is 795. The lowest BCUT2D eigenvalue weighted by atomic mass is 10.1. The minimum absolute atomic E-state index is 0.0925. The van der Waals surface area contributed by atoms with Gasteiger partial charge in [0.25, 0.3) is 0 Å². The van der Waals surface area contributed by atoms with Gasteiger partial charge in [-0.1, -0.05) is 34.1 Å². The van der Waals surface area contributed by atoms with Gasteiger partial charge in [0.1, 0.15) is 11.3 Å². The molecular formula is C17H15Br2NO. The number of hydrogen-bond donors (Lipinski definition) is 1. The van der Waals surface area contributed by atoms with Crippen LogP contribution in [0.25, 0.3) is 11.0 Å². The van der Waals surface area contributed by atoms with Crippen LogP contribution in [0.3, 0.4) is 0 Å². The van der Waals surface area contributed by atoms with Crippen LogP contribution in [-0.2, 0) is 0 Å². The number of hydrogen-bond acceptors (Lipinski definition) is 2. The molecule has 0 radical (unpaired) electrons. The predicted octanol–water partition coefficient (Wildman–Crippen LogP) is 6.44. The molecule has 0 fully saturated rings. The van der Waals surface area contributed by atoms with Gasteiger partial charge >= 0.3 is 0 Å². The number of benzene rings is 2. The molecule has 0 aliphatic rings. The van der Waals surface area contributed by atoms with E-state index in [-0.39, 0.29) is 6.04 Å². The molecule has 4 heteroatoms. The zero-order chi connectivity index (χ0) is 15.0. The Morgan fingerprint density at radius 2 is 1.86 bits per heavy atom. The van der Waals surface area contributed by atoms with Gasteiger partial charge in [0.15, 0.2) is 0 Å². The molecule has 3 rings (SSSR count). The van der Waals surface area contributed by atoms with Crippen molar-refractivity contribution in [2.24, 2.45) is 0 Å². The number of fused-ring (bicyclic) bond motifs is 1. The Labute approximate surface area is 140 Å². The minimum atomic E-state index is 0.0925. The van der Waals surface area contributed by atoms with Gasteiger partial charge in [-0.2, -0.15) is 0 Å². The van der Waals surface area contributed by atoms with Gasteiger partial charge in [0, 0.05) is 25.6 Å². The summed E-state index contributed by atoms with van der Waals surface area (Å²) in [4.78, 5) is 0. The first-order chi connectivity index (χ1) is 10.1. The molecule has 3 aromatic rings. The predicted molar refractivity (Wildman–Crippen MR) is 94.8 cm³/mol. The first-order valence-electron chi connectivity index (χ1n) is 6.76. The van der Waals surface area contributed by atoms with E-state index in [1.165, 1.54) is 10.9 Å². The van der Waals surface area contributed by atoms with E-state index in [1.807, 2.05) is 36.4 Å². The van der Waals surface area contributed by atoms with E-state index in [2.05, 4.69) is 57.1 Å². The van der Waals surface area contributed by atoms with Crippen LogP contribution >= 0.6 is 31.9 Å². The fraction of sp³-hybridized carbons (Fsp3) is 0.176. The third-order valence-corrected chi connectivity index (χ3v) is 4.73. The summed E-state index contributed by atoms with van der Waals surface area (Å²) in [6.45, 7) is 4.22. The highest BCUT2D eigenvalue weighted by atomic mass is 79.9. The van der Waals surface area contributed by atoms with Gasteiger partial charge in [-0.3, -0.25) is 0 Å². The highest BCUT2D eigenvalue weighted by Crippen LogP contribution is 2.33. The lowest BCUT2D eigenvalue weighted by molar-refractivity contribution is 0.522. The molecule has 1 N–H and O–H groups in total. The molecule has 1 unspecified atom stereocenters. The summed E-state index contributed by atoms with van der Waals surface area (Å²) in [6.07, 6.45) is 0. The Balaban J connectivity index is 1.93. The third-order valence-electron chi connectivity index (χ3n) is 3.58. The second-order valence-electron chi connectivity index (χ2n) is 5.08. The van der Waals surface area contributed by atoms with Crippen LogP contribution in [0, 0.1) is 6.92 Å². The quantitative estimate of drug-likeness (QED) is 0.539. The van der Waals surface area contributed by atoms with Crippen LogP contribution in [0.15, 0.2) is 55.8 Å². The lowest BCUT2D eigenvalue weighted by Crippen LogP contribution is -2.07. The number of aryl methyl sites for hydroxylation is 1. The molecular weight excluding hydrogens is 394 g/mol. The van der Waals surface area contributed by atoms with E-state index in [1.54, 1.807) is 0 Å². The van der Waals surface area contributed by atoms with Crippen molar-refractivity contribution in [1.82, 2.24) is 0 Å². The molecule has 1 atom stereocenters. The molecule has 2 nitrogen and oxygen atoms in total. The molecule has 21 heavy (non-hydrogen) atoms. The topological polar surface area (TPSA) is 25.2 Å². The van der Waals surface area contributed by atoms with Crippen molar-refractivity contribution < 1.29 is 4.42 Å². The smallest absolute Gasteiger partial charge is 0.134 e.